The Balaban J connectivity index is 2.19. The highest BCUT2D eigenvalue weighted by atomic mass is 16.3. The van der Waals surface area contributed by atoms with Crippen LogP contribution in [0.25, 0.3) is 11.1 Å². The maximum Gasteiger partial charge on any atom is 0.198 e. The van der Waals surface area contributed by atoms with Crippen molar-refractivity contribution >= 4 is 11.1 Å². The van der Waals surface area contributed by atoms with Gasteiger partial charge >= 0.3 is 0 Å². The Morgan fingerprint density at radius 2 is 2.13 bits per heavy atom. The summed E-state index contributed by atoms with van der Waals surface area (Å²) < 4.78 is 5.83. The van der Waals surface area contributed by atoms with Gasteiger partial charge in [-0.3, -0.25) is 4.98 Å². The summed E-state index contributed by atoms with van der Waals surface area (Å²) in [5, 5.41) is 0. The number of rotatable bonds is 2. The van der Waals surface area contributed by atoms with Gasteiger partial charge in [0.2, 0.25) is 0 Å². The third kappa shape index (κ3) is 1.42. The quantitative estimate of drug-likeness (QED) is 0.750. The molecule has 0 saturated heterocycles. The first-order chi connectivity index (χ1) is 7.25. The lowest BCUT2D eigenvalue weighted by molar-refractivity contribution is 0.528. The Morgan fingerprint density at radius 3 is 2.80 bits per heavy atom. The van der Waals surface area contributed by atoms with Gasteiger partial charge in [0.05, 0.1) is 6.20 Å². The van der Waals surface area contributed by atoms with E-state index < -0.39 is 0 Å². The third-order valence-corrected chi connectivity index (χ3v) is 2.89. The predicted molar refractivity (Wildman–Crippen MR) is 57.9 cm³/mol. The van der Waals surface area contributed by atoms with Crippen molar-refractivity contribution < 1.29 is 4.42 Å². The van der Waals surface area contributed by atoms with Crippen LogP contribution in [0.4, 0.5) is 0 Å². The van der Waals surface area contributed by atoms with Gasteiger partial charge in [-0.25, -0.2) is 4.98 Å². The number of fused-ring (bicyclic) bond motifs is 1. The van der Waals surface area contributed by atoms with E-state index >= 15 is 0 Å². The van der Waals surface area contributed by atoms with Crippen LogP contribution in [-0.4, -0.2) is 9.97 Å². The van der Waals surface area contributed by atoms with Crippen molar-refractivity contribution in [2.45, 2.75) is 38.5 Å². The highest BCUT2D eigenvalue weighted by Crippen LogP contribution is 2.41. The summed E-state index contributed by atoms with van der Waals surface area (Å²) in [5.41, 5.74) is 3.00. The smallest absolute Gasteiger partial charge is 0.198 e. The van der Waals surface area contributed by atoms with Crippen LogP contribution in [0, 0.1) is 0 Å². The average Bonchev–Trinajstić information content (AvgIpc) is 2.96. The Hall–Kier alpha value is -1.38. The van der Waals surface area contributed by atoms with E-state index in [1.165, 1.54) is 12.8 Å². The minimum absolute atomic E-state index is 0.432. The number of nitrogens with zero attached hydrogens (tertiary/aromatic N) is 2. The van der Waals surface area contributed by atoms with E-state index in [0.29, 0.717) is 11.8 Å². The van der Waals surface area contributed by atoms with Gasteiger partial charge in [0.1, 0.15) is 5.52 Å². The van der Waals surface area contributed by atoms with Crippen LogP contribution >= 0.6 is 0 Å². The van der Waals surface area contributed by atoms with Gasteiger partial charge in [-0.15, -0.1) is 0 Å². The van der Waals surface area contributed by atoms with Crippen molar-refractivity contribution in [2.75, 3.05) is 0 Å². The maximum atomic E-state index is 5.83. The number of pyridine rings is 1. The summed E-state index contributed by atoms with van der Waals surface area (Å²) in [6.45, 7) is 4.30. The normalized spacial score (nSPS) is 16.5. The molecule has 1 aliphatic carbocycles. The molecule has 0 aromatic carbocycles. The lowest BCUT2D eigenvalue weighted by Gasteiger charge is -2.02. The molecule has 3 heteroatoms. The molecule has 1 fully saturated rings. The van der Waals surface area contributed by atoms with Crippen LogP contribution in [0.3, 0.4) is 0 Å². The molecule has 0 unspecified atom stereocenters. The molecule has 0 spiro atoms. The summed E-state index contributed by atoms with van der Waals surface area (Å²) in [7, 11) is 0. The van der Waals surface area contributed by atoms with E-state index in [9.17, 15) is 0 Å². The molecule has 1 saturated carbocycles. The highest BCUT2D eigenvalue weighted by molar-refractivity contribution is 5.75. The van der Waals surface area contributed by atoms with Gasteiger partial charge in [0.15, 0.2) is 11.5 Å². The Morgan fingerprint density at radius 1 is 1.33 bits per heavy atom. The standard InChI is InChI=1S/C12H14N2O/c1-7(2)9-5-13-6-10-11(9)15-12(14-10)8-3-4-8/h5-8H,3-4H2,1-2H3. The van der Waals surface area contributed by atoms with E-state index in [-0.39, 0.29) is 0 Å². The van der Waals surface area contributed by atoms with E-state index in [1.807, 2.05) is 6.20 Å². The third-order valence-electron chi connectivity index (χ3n) is 2.89. The van der Waals surface area contributed by atoms with Crippen LogP contribution < -0.4 is 0 Å². The minimum Gasteiger partial charge on any atom is -0.440 e. The van der Waals surface area contributed by atoms with Gasteiger partial charge in [0.25, 0.3) is 0 Å². The predicted octanol–water partition coefficient (Wildman–Crippen LogP) is 3.22. The van der Waals surface area contributed by atoms with Crippen molar-refractivity contribution in [1.29, 1.82) is 0 Å². The van der Waals surface area contributed by atoms with Gasteiger partial charge < -0.3 is 4.42 Å². The fraction of sp³-hybridized carbons (Fsp3) is 0.500. The van der Waals surface area contributed by atoms with E-state index in [2.05, 4.69) is 23.8 Å². The van der Waals surface area contributed by atoms with Crippen LogP contribution in [0.5, 0.6) is 0 Å². The monoisotopic (exact) mass is 202 g/mol. The van der Waals surface area contributed by atoms with E-state index in [1.54, 1.807) is 6.20 Å². The van der Waals surface area contributed by atoms with E-state index in [0.717, 1.165) is 22.6 Å². The number of oxazole rings is 1. The molecule has 0 N–H and O–H groups in total. The lowest BCUT2D eigenvalue weighted by Crippen LogP contribution is -1.88. The fourth-order valence-electron chi connectivity index (χ4n) is 1.81. The van der Waals surface area contributed by atoms with Crippen molar-refractivity contribution in [3.63, 3.8) is 0 Å². The average molecular weight is 202 g/mol. The summed E-state index contributed by atoms with van der Waals surface area (Å²) >= 11 is 0. The van der Waals surface area contributed by atoms with Crippen molar-refractivity contribution in [3.8, 4) is 0 Å². The molecule has 0 aliphatic heterocycles. The first-order valence-electron chi connectivity index (χ1n) is 5.50. The zero-order chi connectivity index (χ0) is 10.4. The van der Waals surface area contributed by atoms with Crippen LogP contribution in [0.15, 0.2) is 16.8 Å². The summed E-state index contributed by atoms with van der Waals surface area (Å²) in [4.78, 5) is 8.69. The second-order valence-electron chi connectivity index (χ2n) is 4.56. The molecule has 0 bridgehead atoms. The zero-order valence-corrected chi connectivity index (χ0v) is 9.03. The van der Waals surface area contributed by atoms with Gasteiger partial charge in [0, 0.05) is 17.7 Å². The SMILES string of the molecule is CC(C)c1cncc2nc(C3CC3)oc12. The molecule has 3 nitrogen and oxygen atoms in total. The van der Waals surface area contributed by atoms with Crippen LogP contribution in [-0.2, 0) is 0 Å². The van der Waals surface area contributed by atoms with Crippen molar-refractivity contribution in [1.82, 2.24) is 9.97 Å². The molecule has 78 valence electrons. The summed E-state index contributed by atoms with van der Waals surface area (Å²) in [6.07, 6.45) is 6.11. The van der Waals surface area contributed by atoms with Crippen LogP contribution in [0.1, 0.15) is 50.0 Å². The second kappa shape index (κ2) is 3.05. The molecule has 0 atom stereocenters. The number of aromatic nitrogens is 2. The fourth-order valence-corrected chi connectivity index (χ4v) is 1.81. The van der Waals surface area contributed by atoms with Crippen molar-refractivity contribution in [3.05, 3.63) is 23.8 Å². The second-order valence-corrected chi connectivity index (χ2v) is 4.56. The largest absolute Gasteiger partial charge is 0.440 e. The summed E-state index contributed by atoms with van der Waals surface area (Å²) in [6, 6.07) is 0. The molecule has 0 amide bonds. The lowest BCUT2D eigenvalue weighted by atomic mass is 10.1. The maximum absolute atomic E-state index is 5.83. The number of hydrogen-bond acceptors (Lipinski definition) is 3. The molecule has 0 radical (unpaired) electrons. The summed E-state index contributed by atoms with van der Waals surface area (Å²) in [5.74, 6) is 1.90. The number of hydrogen-bond donors (Lipinski definition) is 0. The molecule has 1 aliphatic rings. The molecular formula is C12H14N2O. The van der Waals surface area contributed by atoms with Gasteiger partial charge in [-0.2, -0.15) is 0 Å². The molecular weight excluding hydrogens is 188 g/mol. The molecule has 2 aromatic rings. The molecule has 3 rings (SSSR count). The zero-order valence-electron chi connectivity index (χ0n) is 9.03. The Kier molecular flexibility index (Phi) is 1.81. The van der Waals surface area contributed by atoms with Gasteiger partial charge in [-0.05, 0) is 18.8 Å². The molecule has 2 aromatic heterocycles. The molecule has 2 heterocycles. The molecule has 15 heavy (non-hydrogen) atoms. The Bertz CT molecular complexity index is 497. The topological polar surface area (TPSA) is 38.9 Å². The first kappa shape index (κ1) is 8.89. The van der Waals surface area contributed by atoms with Crippen molar-refractivity contribution in [2.24, 2.45) is 0 Å². The minimum atomic E-state index is 0.432. The first-order valence-corrected chi connectivity index (χ1v) is 5.50. The van der Waals surface area contributed by atoms with E-state index in [4.69, 9.17) is 4.42 Å². The van der Waals surface area contributed by atoms with Crippen LogP contribution in [0.2, 0.25) is 0 Å². The Labute approximate surface area is 88.5 Å². The van der Waals surface area contributed by atoms with Gasteiger partial charge in [-0.1, -0.05) is 13.8 Å². The highest BCUT2D eigenvalue weighted by Gasteiger charge is 2.29.